The average Bonchev–Trinajstić information content (AvgIpc) is 3.47. The summed E-state index contributed by atoms with van der Waals surface area (Å²) in [5.74, 6) is 0.547. The topological polar surface area (TPSA) is 69.0 Å². The highest BCUT2D eigenvalue weighted by Crippen LogP contribution is 2.26. The van der Waals surface area contributed by atoms with Gasteiger partial charge in [0.05, 0.1) is 16.8 Å². The van der Waals surface area contributed by atoms with Gasteiger partial charge in [-0.15, -0.1) is 22.7 Å². The number of carbonyl (C=O) groups is 1. The van der Waals surface area contributed by atoms with Crippen LogP contribution in [0.4, 0.5) is 5.13 Å². The molecule has 0 aliphatic heterocycles. The van der Waals surface area contributed by atoms with Gasteiger partial charge in [-0.3, -0.25) is 14.8 Å². The van der Waals surface area contributed by atoms with E-state index in [1.165, 1.54) is 22.7 Å². The van der Waals surface area contributed by atoms with Crippen LogP contribution in [-0.2, 0) is 13.2 Å². The molecule has 3 heterocycles. The number of rotatable bonds is 7. The number of ether oxygens (including phenoxy) is 1. The molecule has 0 saturated heterocycles. The summed E-state index contributed by atoms with van der Waals surface area (Å²) in [5, 5.41) is 12.2. The Morgan fingerprint density at radius 1 is 1.24 bits per heavy atom. The molecule has 6 nitrogen and oxygen atoms in total. The molecule has 9 heteroatoms. The van der Waals surface area contributed by atoms with Crippen LogP contribution in [0.25, 0.3) is 11.3 Å². The van der Waals surface area contributed by atoms with Gasteiger partial charge in [-0.05, 0) is 42.6 Å². The summed E-state index contributed by atoms with van der Waals surface area (Å²) in [7, 11) is 0. The molecule has 3 aromatic heterocycles. The van der Waals surface area contributed by atoms with E-state index in [-0.39, 0.29) is 5.91 Å². The second kappa shape index (κ2) is 8.77. The minimum absolute atomic E-state index is 0.183. The second-order valence-electron chi connectivity index (χ2n) is 6.14. The van der Waals surface area contributed by atoms with Gasteiger partial charge in [-0.25, -0.2) is 4.98 Å². The van der Waals surface area contributed by atoms with Crippen LogP contribution in [0.3, 0.4) is 0 Å². The number of anilines is 1. The zero-order chi connectivity index (χ0) is 20.2. The molecule has 0 unspecified atom stereocenters. The number of thiazole rings is 1. The molecule has 1 aromatic carbocycles. The van der Waals surface area contributed by atoms with Gasteiger partial charge in [0.15, 0.2) is 5.13 Å². The first-order valence-electron chi connectivity index (χ1n) is 8.86. The van der Waals surface area contributed by atoms with Crippen LogP contribution >= 0.6 is 34.3 Å². The number of thiophene rings is 1. The van der Waals surface area contributed by atoms with E-state index in [0.717, 1.165) is 29.1 Å². The smallest absolute Gasteiger partial charge is 0.267 e. The number of hydrogen-bond donors (Lipinski definition) is 1. The molecule has 4 aromatic rings. The number of aryl methyl sites for hydroxylation is 1. The van der Waals surface area contributed by atoms with E-state index >= 15 is 0 Å². The van der Waals surface area contributed by atoms with Crippen molar-refractivity contribution in [3.05, 3.63) is 68.9 Å². The zero-order valence-electron chi connectivity index (χ0n) is 15.5. The van der Waals surface area contributed by atoms with Gasteiger partial charge in [0, 0.05) is 34.3 Å². The monoisotopic (exact) mass is 444 g/mol. The van der Waals surface area contributed by atoms with Crippen LogP contribution in [0.15, 0.2) is 53.5 Å². The fourth-order valence-corrected chi connectivity index (χ4v) is 4.19. The number of benzene rings is 1. The highest BCUT2D eigenvalue weighted by molar-refractivity contribution is 7.14. The summed E-state index contributed by atoms with van der Waals surface area (Å²) in [5.41, 5.74) is 2.66. The van der Waals surface area contributed by atoms with Gasteiger partial charge in [-0.1, -0.05) is 11.6 Å². The van der Waals surface area contributed by atoms with Gasteiger partial charge >= 0.3 is 0 Å². The molecule has 148 valence electrons. The maximum atomic E-state index is 12.5. The third kappa shape index (κ3) is 4.84. The number of nitrogens with one attached hydrogen (secondary N) is 1. The summed E-state index contributed by atoms with van der Waals surface area (Å²) in [4.78, 5) is 17.6. The van der Waals surface area contributed by atoms with Crippen molar-refractivity contribution in [2.45, 2.75) is 20.1 Å². The number of halogens is 1. The molecule has 1 amide bonds. The van der Waals surface area contributed by atoms with Crippen LogP contribution < -0.4 is 10.1 Å². The van der Waals surface area contributed by atoms with E-state index in [9.17, 15) is 4.79 Å². The molecule has 0 fully saturated rings. The fourth-order valence-electron chi connectivity index (χ4n) is 2.56. The number of amides is 1. The quantitative estimate of drug-likeness (QED) is 0.404. The first-order valence-corrected chi connectivity index (χ1v) is 11.0. The molecule has 0 spiro atoms. The van der Waals surface area contributed by atoms with Crippen molar-refractivity contribution in [1.29, 1.82) is 0 Å². The molecule has 0 saturated carbocycles. The van der Waals surface area contributed by atoms with Crippen LogP contribution in [0.2, 0.25) is 5.02 Å². The summed E-state index contributed by atoms with van der Waals surface area (Å²) < 4.78 is 7.56. The summed E-state index contributed by atoms with van der Waals surface area (Å²) >= 11 is 8.63. The predicted octanol–water partition coefficient (Wildman–Crippen LogP) is 5.57. The first kappa shape index (κ1) is 19.6. The molecular formula is C20H17ClN4O2S2. The summed E-state index contributed by atoms with van der Waals surface area (Å²) in [6.45, 7) is 3.21. The molecule has 0 radical (unpaired) electrons. The Bertz CT molecular complexity index is 1120. The molecule has 4 rings (SSSR count). The van der Waals surface area contributed by atoms with E-state index in [1.807, 2.05) is 46.8 Å². The van der Waals surface area contributed by atoms with Crippen molar-refractivity contribution in [2.75, 3.05) is 5.32 Å². The van der Waals surface area contributed by atoms with E-state index in [2.05, 4.69) is 15.4 Å². The number of carbonyl (C=O) groups excluding carboxylic acids is 1. The lowest BCUT2D eigenvalue weighted by atomic mass is 10.3. The Kier molecular flexibility index (Phi) is 5.94. The Morgan fingerprint density at radius 3 is 2.83 bits per heavy atom. The van der Waals surface area contributed by atoms with E-state index < -0.39 is 0 Å². The SMILES string of the molecule is CCn1cc(-c2csc(NC(=O)c3cc(COc4ccc(Cl)cc4)cs3)n2)cn1. The largest absolute Gasteiger partial charge is 0.489 e. The number of nitrogens with zero attached hydrogens (tertiary/aromatic N) is 3. The van der Waals surface area contributed by atoms with Gasteiger partial charge in [0.25, 0.3) is 5.91 Å². The Balaban J connectivity index is 1.36. The Labute approximate surface area is 180 Å². The number of aromatic nitrogens is 3. The van der Waals surface area contributed by atoms with Crippen molar-refractivity contribution >= 4 is 45.3 Å². The standard InChI is InChI=1S/C20H17ClN4O2S2/c1-2-25-9-14(8-22-25)17-12-29-20(23-17)24-19(26)18-7-13(11-28-18)10-27-16-5-3-15(21)4-6-16/h3-9,11-12H,2,10H2,1H3,(H,23,24,26). The normalized spacial score (nSPS) is 10.8. The Hall–Kier alpha value is -2.68. The third-order valence-electron chi connectivity index (χ3n) is 4.07. The van der Waals surface area contributed by atoms with Gasteiger partial charge in [0.2, 0.25) is 0 Å². The van der Waals surface area contributed by atoms with Crippen LogP contribution in [0.1, 0.15) is 22.2 Å². The number of hydrogen-bond acceptors (Lipinski definition) is 6. The molecule has 1 N–H and O–H groups in total. The third-order valence-corrected chi connectivity index (χ3v) is 6.06. The maximum Gasteiger partial charge on any atom is 0.267 e. The lowest BCUT2D eigenvalue weighted by Gasteiger charge is -2.04. The molecule has 0 aliphatic rings. The van der Waals surface area contributed by atoms with E-state index in [4.69, 9.17) is 16.3 Å². The molecule has 0 atom stereocenters. The average molecular weight is 445 g/mol. The van der Waals surface area contributed by atoms with Crippen molar-refractivity contribution in [2.24, 2.45) is 0 Å². The lowest BCUT2D eigenvalue weighted by molar-refractivity contribution is 0.103. The first-order chi connectivity index (χ1) is 14.1. The minimum atomic E-state index is -0.183. The molecule has 0 aliphatic carbocycles. The van der Waals surface area contributed by atoms with E-state index in [0.29, 0.717) is 21.6 Å². The van der Waals surface area contributed by atoms with Crippen molar-refractivity contribution in [1.82, 2.24) is 14.8 Å². The van der Waals surface area contributed by atoms with Crippen molar-refractivity contribution < 1.29 is 9.53 Å². The van der Waals surface area contributed by atoms with E-state index in [1.54, 1.807) is 18.3 Å². The van der Waals surface area contributed by atoms with Gasteiger partial charge in [0.1, 0.15) is 12.4 Å². The predicted molar refractivity (Wildman–Crippen MR) is 117 cm³/mol. The highest BCUT2D eigenvalue weighted by Gasteiger charge is 2.13. The van der Waals surface area contributed by atoms with Gasteiger partial charge < -0.3 is 4.74 Å². The fraction of sp³-hybridized carbons (Fsp3) is 0.150. The maximum absolute atomic E-state index is 12.5. The van der Waals surface area contributed by atoms with Gasteiger partial charge in [-0.2, -0.15) is 5.10 Å². The lowest BCUT2D eigenvalue weighted by Crippen LogP contribution is -2.09. The van der Waals surface area contributed by atoms with Crippen LogP contribution in [0, 0.1) is 0 Å². The zero-order valence-corrected chi connectivity index (χ0v) is 17.9. The minimum Gasteiger partial charge on any atom is -0.489 e. The summed E-state index contributed by atoms with van der Waals surface area (Å²) in [6, 6.07) is 9.01. The molecule has 0 bridgehead atoms. The van der Waals surface area contributed by atoms with Crippen LogP contribution in [-0.4, -0.2) is 20.7 Å². The highest BCUT2D eigenvalue weighted by atomic mass is 35.5. The molecule has 29 heavy (non-hydrogen) atoms. The summed E-state index contributed by atoms with van der Waals surface area (Å²) in [6.07, 6.45) is 3.71. The van der Waals surface area contributed by atoms with Crippen molar-refractivity contribution in [3.8, 4) is 17.0 Å². The molecular weight excluding hydrogens is 428 g/mol. The van der Waals surface area contributed by atoms with Crippen LogP contribution in [0.5, 0.6) is 5.75 Å². The Morgan fingerprint density at radius 2 is 2.07 bits per heavy atom. The second-order valence-corrected chi connectivity index (χ2v) is 8.34. The van der Waals surface area contributed by atoms with Crippen molar-refractivity contribution in [3.63, 3.8) is 0 Å².